The van der Waals surface area contributed by atoms with Gasteiger partial charge >= 0.3 is 0 Å². The van der Waals surface area contributed by atoms with Crippen LogP contribution in [0.5, 0.6) is 5.75 Å². The third kappa shape index (κ3) is 5.70. The van der Waals surface area contributed by atoms with Crippen molar-refractivity contribution < 1.29 is 14.1 Å². The van der Waals surface area contributed by atoms with Crippen LogP contribution in [0.25, 0.3) is 23.5 Å². The molecule has 1 N–H and O–H groups in total. The zero-order valence-corrected chi connectivity index (χ0v) is 17.7. The van der Waals surface area contributed by atoms with E-state index in [1.165, 1.54) is 0 Å². The Hall–Kier alpha value is -4.19. The molecule has 4 aromatic rings. The van der Waals surface area contributed by atoms with Crippen LogP contribution in [0.3, 0.4) is 0 Å². The van der Waals surface area contributed by atoms with E-state index in [1.807, 2.05) is 84.9 Å². The molecule has 1 aromatic heterocycles. The van der Waals surface area contributed by atoms with Gasteiger partial charge in [-0.1, -0.05) is 47.6 Å². The number of ether oxygens (including phenoxy) is 1. The lowest BCUT2D eigenvalue weighted by Crippen LogP contribution is -2.12. The monoisotopic (exact) mass is 425 g/mol. The summed E-state index contributed by atoms with van der Waals surface area (Å²) in [6.07, 6.45) is 4.76. The number of methoxy groups -OCH3 is 1. The molecule has 0 aliphatic carbocycles. The second-order valence-electron chi connectivity index (χ2n) is 7.17. The van der Waals surface area contributed by atoms with Crippen LogP contribution in [0, 0.1) is 0 Å². The van der Waals surface area contributed by atoms with Gasteiger partial charge in [0.15, 0.2) is 0 Å². The standard InChI is InChI=1S/C26H23N3O3/c1-31-23-15-7-20(8-16-23)9-17-24(30)27-22-13-11-21(12-14-22)26-28-25(32-29-26)18-10-19-5-3-2-4-6-19/h2-8,10-16,18H,9,17H2,1H3,(H,27,30)/b18-10+. The van der Waals surface area contributed by atoms with E-state index < -0.39 is 0 Å². The number of nitrogens with zero attached hydrogens (tertiary/aromatic N) is 2. The Morgan fingerprint density at radius 2 is 1.72 bits per heavy atom. The molecule has 6 heteroatoms. The van der Waals surface area contributed by atoms with Gasteiger partial charge in [-0.2, -0.15) is 4.98 Å². The number of carbonyl (C=O) groups excluding carboxylic acids is 1. The van der Waals surface area contributed by atoms with Crippen LogP contribution in [-0.2, 0) is 11.2 Å². The van der Waals surface area contributed by atoms with Gasteiger partial charge in [0, 0.05) is 23.7 Å². The molecular weight excluding hydrogens is 402 g/mol. The average molecular weight is 425 g/mol. The molecule has 4 rings (SSSR count). The Kier molecular flexibility index (Phi) is 6.72. The van der Waals surface area contributed by atoms with E-state index in [1.54, 1.807) is 13.2 Å². The Bertz CT molecular complexity index is 1180. The number of aromatic nitrogens is 2. The zero-order chi connectivity index (χ0) is 22.2. The first-order valence-corrected chi connectivity index (χ1v) is 10.3. The molecule has 0 unspecified atom stereocenters. The number of rotatable bonds is 8. The number of hydrogen-bond donors (Lipinski definition) is 1. The zero-order valence-electron chi connectivity index (χ0n) is 17.7. The first-order chi connectivity index (χ1) is 15.7. The van der Waals surface area contributed by atoms with Crippen LogP contribution in [0.1, 0.15) is 23.4 Å². The van der Waals surface area contributed by atoms with Gasteiger partial charge in [0.1, 0.15) is 5.75 Å². The van der Waals surface area contributed by atoms with E-state index in [4.69, 9.17) is 9.26 Å². The summed E-state index contributed by atoms with van der Waals surface area (Å²) in [5.41, 5.74) is 3.68. The third-order valence-corrected chi connectivity index (χ3v) is 4.89. The Balaban J connectivity index is 1.31. The smallest absolute Gasteiger partial charge is 0.250 e. The van der Waals surface area contributed by atoms with Crippen molar-refractivity contribution in [2.75, 3.05) is 12.4 Å². The van der Waals surface area contributed by atoms with Gasteiger partial charge in [0.05, 0.1) is 7.11 Å². The molecule has 0 aliphatic heterocycles. The molecular formula is C26H23N3O3. The number of nitrogens with one attached hydrogen (secondary N) is 1. The maximum Gasteiger partial charge on any atom is 0.250 e. The summed E-state index contributed by atoms with van der Waals surface area (Å²) in [6, 6.07) is 25.0. The highest BCUT2D eigenvalue weighted by molar-refractivity contribution is 5.91. The van der Waals surface area contributed by atoms with Crippen LogP contribution < -0.4 is 10.1 Å². The van der Waals surface area contributed by atoms with E-state index in [0.717, 1.165) is 28.1 Å². The van der Waals surface area contributed by atoms with Gasteiger partial charge in [-0.25, -0.2) is 0 Å². The molecule has 0 radical (unpaired) electrons. The molecule has 6 nitrogen and oxygen atoms in total. The van der Waals surface area contributed by atoms with E-state index >= 15 is 0 Å². The molecule has 160 valence electrons. The van der Waals surface area contributed by atoms with Gasteiger partial charge in [0.25, 0.3) is 5.89 Å². The SMILES string of the molecule is COc1ccc(CCC(=O)Nc2ccc(-c3noc(/C=C/c4ccccc4)n3)cc2)cc1. The maximum atomic E-state index is 12.3. The highest BCUT2D eigenvalue weighted by atomic mass is 16.5. The minimum absolute atomic E-state index is 0.0403. The highest BCUT2D eigenvalue weighted by Crippen LogP contribution is 2.20. The lowest BCUT2D eigenvalue weighted by Gasteiger charge is -2.06. The highest BCUT2D eigenvalue weighted by Gasteiger charge is 2.08. The van der Waals surface area contributed by atoms with E-state index in [-0.39, 0.29) is 5.91 Å². The number of anilines is 1. The fourth-order valence-electron chi connectivity index (χ4n) is 3.13. The van der Waals surface area contributed by atoms with Crippen molar-refractivity contribution in [3.05, 3.63) is 95.9 Å². The van der Waals surface area contributed by atoms with Gasteiger partial charge < -0.3 is 14.6 Å². The molecule has 0 atom stereocenters. The molecule has 0 spiro atoms. The largest absolute Gasteiger partial charge is 0.497 e. The summed E-state index contributed by atoms with van der Waals surface area (Å²) >= 11 is 0. The number of aryl methyl sites for hydroxylation is 1. The van der Waals surface area contributed by atoms with Crippen molar-refractivity contribution in [1.29, 1.82) is 0 Å². The summed E-state index contributed by atoms with van der Waals surface area (Å²) in [5.74, 6) is 1.69. The fourth-order valence-corrected chi connectivity index (χ4v) is 3.13. The van der Waals surface area contributed by atoms with Gasteiger partial charge in [-0.05, 0) is 60.0 Å². The van der Waals surface area contributed by atoms with Crippen LogP contribution in [0.4, 0.5) is 5.69 Å². The molecule has 0 bridgehead atoms. The van der Waals surface area contributed by atoms with Crippen molar-refractivity contribution in [2.45, 2.75) is 12.8 Å². The van der Waals surface area contributed by atoms with Crippen molar-refractivity contribution in [2.24, 2.45) is 0 Å². The topological polar surface area (TPSA) is 77.2 Å². The van der Waals surface area contributed by atoms with E-state index in [0.29, 0.717) is 24.6 Å². The lowest BCUT2D eigenvalue weighted by molar-refractivity contribution is -0.116. The molecule has 1 heterocycles. The normalized spacial score (nSPS) is 10.9. The fraction of sp³-hybridized carbons (Fsp3) is 0.115. The Morgan fingerprint density at radius 1 is 0.969 bits per heavy atom. The number of carbonyl (C=O) groups is 1. The van der Waals surface area contributed by atoms with Crippen molar-refractivity contribution in [3.8, 4) is 17.1 Å². The number of hydrogen-bond acceptors (Lipinski definition) is 5. The molecule has 3 aromatic carbocycles. The van der Waals surface area contributed by atoms with Crippen LogP contribution in [0.15, 0.2) is 83.4 Å². The first-order valence-electron chi connectivity index (χ1n) is 10.3. The minimum atomic E-state index is -0.0403. The summed E-state index contributed by atoms with van der Waals surface area (Å²) in [4.78, 5) is 16.7. The molecule has 0 saturated heterocycles. The second kappa shape index (κ2) is 10.2. The van der Waals surface area contributed by atoms with Crippen molar-refractivity contribution >= 4 is 23.7 Å². The second-order valence-corrected chi connectivity index (χ2v) is 7.17. The summed E-state index contributed by atoms with van der Waals surface area (Å²) < 4.78 is 10.4. The van der Waals surface area contributed by atoms with Gasteiger partial charge in [-0.15, -0.1) is 0 Å². The Morgan fingerprint density at radius 3 is 2.44 bits per heavy atom. The molecule has 1 amide bonds. The quantitative estimate of drug-likeness (QED) is 0.404. The molecule has 0 saturated carbocycles. The predicted molar refractivity (Wildman–Crippen MR) is 125 cm³/mol. The Labute approximate surface area is 186 Å². The third-order valence-electron chi connectivity index (χ3n) is 4.89. The average Bonchev–Trinajstić information content (AvgIpc) is 3.32. The number of benzene rings is 3. The molecule has 32 heavy (non-hydrogen) atoms. The minimum Gasteiger partial charge on any atom is -0.497 e. The van der Waals surface area contributed by atoms with Gasteiger partial charge in [0.2, 0.25) is 11.7 Å². The molecule has 0 aliphatic rings. The maximum absolute atomic E-state index is 12.3. The van der Waals surface area contributed by atoms with E-state index in [9.17, 15) is 4.79 Å². The van der Waals surface area contributed by atoms with Gasteiger partial charge in [-0.3, -0.25) is 4.79 Å². The lowest BCUT2D eigenvalue weighted by atomic mass is 10.1. The summed E-state index contributed by atoms with van der Waals surface area (Å²) in [7, 11) is 1.63. The van der Waals surface area contributed by atoms with Crippen molar-refractivity contribution in [3.63, 3.8) is 0 Å². The predicted octanol–water partition coefficient (Wildman–Crippen LogP) is 5.49. The van der Waals surface area contributed by atoms with Crippen LogP contribution in [-0.4, -0.2) is 23.2 Å². The van der Waals surface area contributed by atoms with Crippen LogP contribution in [0.2, 0.25) is 0 Å². The summed E-state index contributed by atoms with van der Waals surface area (Å²) in [6.45, 7) is 0. The molecule has 0 fully saturated rings. The summed E-state index contributed by atoms with van der Waals surface area (Å²) in [5, 5.41) is 6.95. The van der Waals surface area contributed by atoms with Crippen LogP contribution >= 0.6 is 0 Å². The number of amides is 1. The first kappa shape index (κ1) is 21.1. The van der Waals surface area contributed by atoms with Crippen molar-refractivity contribution in [1.82, 2.24) is 10.1 Å². The van der Waals surface area contributed by atoms with E-state index in [2.05, 4.69) is 15.5 Å².